The fourth-order valence-electron chi connectivity index (χ4n) is 1.32. The standard InChI is InChI=1S/C8H15NO3/c1-11-8(10)4-6-5-12-3-2-7(6)9/h6-7H,2-5,9H2,1H3/t6-,7+/m0/s1. The van der Waals surface area contributed by atoms with Crippen molar-refractivity contribution in [1.82, 2.24) is 0 Å². The van der Waals surface area contributed by atoms with E-state index >= 15 is 0 Å². The van der Waals surface area contributed by atoms with Crippen LogP contribution in [0.25, 0.3) is 0 Å². The molecule has 2 atom stereocenters. The summed E-state index contributed by atoms with van der Waals surface area (Å²) in [6.45, 7) is 1.29. The third-order valence-corrected chi connectivity index (χ3v) is 2.19. The number of hydrogen-bond donors (Lipinski definition) is 1. The molecule has 0 aromatic carbocycles. The van der Waals surface area contributed by atoms with Gasteiger partial charge < -0.3 is 15.2 Å². The van der Waals surface area contributed by atoms with Gasteiger partial charge in [-0.2, -0.15) is 0 Å². The van der Waals surface area contributed by atoms with Crippen LogP contribution in [0, 0.1) is 5.92 Å². The Morgan fingerprint density at radius 1 is 1.75 bits per heavy atom. The summed E-state index contributed by atoms with van der Waals surface area (Å²) in [4.78, 5) is 10.9. The third kappa shape index (κ3) is 2.46. The van der Waals surface area contributed by atoms with Crippen LogP contribution in [0.15, 0.2) is 0 Å². The molecular formula is C8H15NO3. The SMILES string of the molecule is COC(=O)C[C@H]1COCC[C@H]1N. The maximum atomic E-state index is 10.9. The predicted molar refractivity (Wildman–Crippen MR) is 43.5 cm³/mol. The second-order valence-corrected chi connectivity index (χ2v) is 3.07. The van der Waals surface area contributed by atoms with Crippen LogP contribution in [0.3, 0.4) is 0 Å². The van der Waals surface area contributed by atoms with Gasteiger partial charge in [-0.1, -0.05) is 0 Å². The van der Waals surface area contributed by atoms with E-state index in [1.54, 1.807) is 0 Å². The fourth-order valence-corrected chi connectivity index (χ4v) is 1.32. The molecule has 0 aromatic heterocycles. The molecule has 12 heavy (non-hydrogen) atoms. The van der Waals surface area contributed by atoms with Gasteiger partial charge in [0.1, 0.15) is 0 Å². The largest absolute Gasteiger partial charge is 0.469 e. The van der Waals surface area contributed by atoms with Gasteiger partial charge in [0.15, 0.2) is 0 Å². The van der Waals surface area contributed by atoms with E-state index in [0.717, 1.165) is 6.42 Å². The Kier molecular flexibility index (Phi) is 3.49. The van der Waals surface area contributed by atoms with E-state index in [2.05, 4.69) is 4.74 Å². The minimum absolute atomic E-state index is 0.0813. The van der Waals surface area contributed by atoms with Crippen molar-refractivity contribution in [2.75, 3.05) is 20.3 Å². The maximum absolute atomic E-state index is 10.9. The Morgan fingerprint density at radius 3 is 3.08 bits per heavy atom. The summed E-state index contributed by atoms with van der Waals surface area (Å²) in [6, 6.07) is 0.0813. The molecule has 1 aliphatic rings. The summed E-state index contributed by atoms with van der Waals surface area (Å²) in [6.07, 6.45) is 1.21. The summed E-state index contributed by atoms with van der Waals surface area (Å²) < 4.78 is 9.76. The molecule has 0 aliphatic carbocycles. The highest BCUT2D eigenvalue weighted by Crippen LogP contribution is 2.16. The van der Waals surface area contributed by atoms with Crippen molar-refractivity contribution in [2.45, 2.75) is 18.9 Å². The minimum atomic E-state index is -0.207. The van der Waals surface area contributed by atoms with E-state index in [9.17, 15) is 4.79 Å². The lowest BCUT2D eigenvalue weighted by Crippen LogP contribution is -2.39. The van der Waals surface area contributed by atoms with Crippen molar-refractivity contribution in [3.63, 3.8) is 0 Å². The van der Waals surface area contributed by atoms with Crippen LogP contribution in [0.2, 0.25) is 0 Å². The zero-order chi connectivity index (χ0) is 8.97. The Morgan fingerprint density at radius 2 is 2.50 bits per heavy atom. The van der Waals surface area contributed by atoms with Gasteiger partial charge in [0.2, 0.25) is 0 Å². The lowest BCUT2D eigenvalue weighted by molar-refractivity contribution is -0.143. The highest BCUT2D eigenvalue weighted by Gasteiger charge is 2.24. The number of hydrogen-bond acceptors (Lipinski definition) is 4. The molecule has 1 heterocycles. The first-order valence-electron chi connectivity index (χ1n) is 4.14. The molecule has 0 spiro atoms. The molecule has 0 aromatic rings. The summed E-state index contributed by atoms with van der Waals surface area (Å²) in [5.41, 5.74) is 5.79. The molecule has 4 nitrogen and oxygen atoms in total. The van der Waals surface area contributed by atoms with Crippen molar-refractivity contribution in [1.29, 1.82) is 0 Å². The number of rotatable bonds is 2. The van der Waals surface area contributed by atoms with E-state index < -0.39 is 0 Å². The normalized spacial score (nSPS) is 29.8. The van der Waals surface area contributed by atoms with Gasteiger partial charge in [-0.15, -0.1) is 0 Å². The van der Waals surface area contributed by atoms with Gasteiger partial charge in [0.05, 0.1) is 20.1 Å². The van der Waals surface area contributed by atoms with Gasteiger partial charge in [-0.25, -0.2) is 0 Å². The van der Waals surface area contributed by atoms with Crippen molar-refractivity contribution in [3.05, 3.63) is 0 Å². The molecule has 0 amide bonds. The Labute approximate surface area is 72.0 Å². The highest BCUT2D eigenvalue weighted by molar-refractivity contribution is 5.69. The third-order valence-electron chi connectivity index (χ3n) is 2.19. The summed E-state index contributed by atoms with van der Waals surface area (Å²) in [5, 5.41) is 0. The molecule has 0 radical (unpaired) electrons. The van der Waals surface area contributed by atoms with E-state index in [1.807, 2.05) is 0 Å². The van der Waals surface area contributed by atoms with Crippen LogP contribution < -0.4 is 5.73 Å². The quantitative estimate of drug-likeness (QED) is 0.593. The van der Waals surface area contributed by atoms with E-state index in [0.29, 0.717) is 19.6 Å². The first kappa shape index (κ1) is 9.48. The molecule has 1 fully saturated rings. The van der Waals surface area contributed by atoms with Gasteiger partial charge in [-0.3, -0.25) is 4.79 Å². The van der Waals surface area contributed by atoms with Crippen molar-refractivity contribution < 1.29 is 14.3 Å². The molecule has 1 saturated heterocycles. The van der Waals surface area contributed by atoms with Crippen LogP contribution in [0.1, 0.15) is 12.8 Å². The van der Waals surface area contributed by atoms with Gasteiger partial charge in [0.25, 0.3) is 0 Å². The highest BCUT2D eigenvalue weighted by atomic mass is 16.5. The Hall–Kier alpha value is -0.610. The number of carbonyl (C=O) groups is 1. The van der Waals surface area contributed by atoms with Crippen molar-refractivity contribution in [2.24, 2.45) is 11.7 Å². The number of ether oxygens (including phenoxy) is 2. The lowest BCUT2D eigenvalue weighted by atomic mass is 9.94. The molecule has 0 unspecified atom stereocenters. The number of carbonyl (C=O) groups excluding carboxylic acids is 1. The predicted octanol–water partition coefficient (Wildman–Crippen LogP) is -0.0867. The minimum Gasteiger partial charge on any atom is -0.469 e. The molecule has 2 N–H and O–H groups in total. The molecule has 0 bridgehead atoms. The lowest BCUT2D eigenvalue weighted by Gasteiger charge is -2.27. The van der Waals surface area contributed by atoms with Crippen LogP contribution in [0.5, 0.6) is 0 Å². The molecule has 1 rings (SSSR count). The second kappa shape index (κ2) is 4.42. The molecular weight excluding hydrogens is 158 g/mol. The molecule has 4 heteroatoms. The summed E-state index contributed by atoms with van der Waals surface area (Å²) in [5.74, 6) is -0.0767. The Balaban J connectivity index is 2.33. The molecule has 1 aliphatic heterocycles. The first-order chi connectivity index (χ1) is 5.74. The smallest absolute Gasteiger partial charge is 0.305 e. The van der Waals surface area contributed by atoms with E-state index in [1.165, 1.54) is 7.11 Å². The monoisotopic (exact) mass is 173 g/mol. The number of methoxy groups -OCH3 is 1. The topological polar surface area (TPSA) is 61.5 Å². The average Bonchev–Trinajstić information content (AvgIpc) is 2.09. The molecule has 0 saturated carbocycles. The van der Waals surface area contributed by atoms with Crippen LogP contribution in [-0.2, 0) is 14.3 Å². The van der Waals surface area contributed by atoms with Crippen LogP contribution in [-0.4, -0.2) is 32.3 Å². The van der Waals surface area contributed by atoms with Crippen molar-refractivity contribution in [3.8, 4) is 0 Å². The fraction of sp³-hybridized carbons (Fsp3) is 0.875. The molecule has 70 valence electrons. The van der Waals surface area contributed by atoms with Gasteiger partial charge >= 0.3 is 5.97 Å². The summed E-state index contributed by atoms with van der Waals surface area (Å²) >= 11 is 0. The van der Waals surface area contributed by atoms with Gasteiger partial charge in [-0.05, 0) is 6.42 Å². The number of esters is 1. The zero-order valence-electron chi connectivity index (χ0n) is 7.29. The van der Waals surface area contributed by atoms with E-state index in [4.69, 9.17) is 10.5 Å². The summed E-state index contributed by atoms with van der Waals surface area (Å²) in [7, 11) is 1.39. The average molecular weight is 173 g/mol. The van der Waals surface area contributed by atoms with E-state index in [-0.39, 0.29) is 17.9 Å². The second-order valence-electron chi connectivity index (χ2n) is 3.07. The van der Waals surface area contributed by atoms with Crippen LogP contribution >= 0.6 is 0 Å². The van der Waals surface area contributed by atoms with Crippen molar-refractivity contribution >= 4 is 5.97 Å². The zero-order valence-corrected chi connectivity index (χ0v) is 7.29. The first-order valence-corrected chi connectivity index (χ1v) is 4.14. The van der Waals surface area contributed by atoms with Crippen LogP contribution in [0.4, 0.5) is 0 Å². The Bertz CT molecular complexity index is 160. The van der Waals surface area contributed by atoms with Gasteiger partial charge in [0, 0.05) is 18.6 Å². The number of nitrogens with two attached hydrogens (primary N) is 1. The maximum Gasteiger partial charge on any atom is 0.305 e.